The summed E-state index contributed by atoms with van der Waals surface area (Å²) in [7, 11) is 1.50. The van der Waals surface area contributed by atoms with Crippen LogP contribution in [0.25, 0.3) is 0 Å². The predicted octanol–water partition coefficient (Wildman–Crippen LogP) is 3.58. The second-order valence-corrected chi connectivity index (χ2v) is 7.20. The van der Waals surface area contributed by atoms with Crippen LogP contribution in [-0.4, -0.2) is 48.0 Å². The first-order valence-corrected chi connectivity index (χ1v) is 9.29. The van der Waals surface area contributed by atoms with E-state index in [4.69, 9.17) is 0 Å². The largest absolute Gasteiger partial charge is 0.573 e. The topological polar surface area (TPSA) is 53.0 Å². The molecular formula is C21H23F3N2O3. The zero-order valence-electron chi connectivity index (χ0n) is 16.0. The molecular weight excluding hydrogens is 385 g/mol. The third-order valence-electron chi connectivity index (χ3n) is 5.09. The maximum absolute atomic E-state index is 12.8. The third kappa shape index (κ3) is 5.48. The van der Waals surface area contributed by atoms with Gasteiger partial charge in [-0.25, -0.2) is 0 Å². The van der Waals surface area contributed by atoms with E-state index < -0.39 is 17.9 Å². The average Bonchev–Trinajstić information content (AvgIpc) is 2.69. The first kappa shape index (κ1) is 21.1. The van der Waals surface area contributed by atoms with Crippen molar-refractivity contribution in [2.24, 2.45) is 0 Å². The van der Waals surface area contributed by atoms with Crippen molar-refractivity contribution in [3.8, 4) is 5.75 Å². The highest BCUT2D eigenvalue weighted by molar-refractivity contribution is 5.99. The molecule has 0 radical (unpaired) electrons. The van der Waals surface area contributed by atoms with E-state index in [-0.39, 0.29) is 18.6 Å². The molecule has 8 heteroatoms. The van der Waals surface area contributed by atoms with E-state index >= 15 is 0 Å². The Bertz CT molecular complexity index is 817. The summed E-state index contributed by atoms with van der Waals surface area (Å²) in [6, 6.07) is 14.9. The molecule has 0 unspecified atom stereocenters. The van der Waals surface area contributed by atoms with E-state index in [1.165, 1.54) is 29.6 Å². The molecule has 1 aliphatic heterocycles. The quantitative estimate of drug-likeness (QED) is 0.822. The molecule has 1 heterocycles. The van der Waals surface area contributed by atoms with Crippen LogP contribution in [0.2, 0.25) is 0 Å². The fourth-order valence-corrected chi connectivity index (χ4v) is 3.44. The molecule has 0 saturated carbocycles. The summed E-state index contributed by atoms with van der Waals surface area (Å²) < 4.78 is 40.6. The summed E-state index contributed by atoms with van der Waals surface area (Å²) in [6.07, 6.45) is -4.19. The maximum Gasteiger partial charge on any atom is 0.573 e. The second kappa shape index (κ2) is 8.42. The van der Waals surface area contributed by atoms with Gasteiger partial charge in [0.05, 0.1) is 0 Å². The van der Waals surface area contributed by atoms with Crippen molar-refractivity contribution in [3.63, 3.8) is 0 Å². The number of hydrogen-bond acceptors (Lipinski definition) is 4. The van der Waals surface area contributed by atoms with Gasteiger partial charge < -0.3 is 14.7 Å². The number of likely N-dealkylation sites (N-methyl/N-ethyl adjacent to an activating group) is 1. The molecule has 0 aliphatic carbocycles. The fraction of sp³-hybridized carbons (Fsp3) is 0.381. The SMILES string of the molecule is CN(C(=O)C1(O)CCN(Cc2ccccc2)CC1)c1ccc(OC(F)(F)F)cc1. The Morgan fingerprint density at radius 3 is 2.24 bits per heavy atom. The molecule has 0 spiro atoms. The molecule has 5 nitrogen and oxygen atoms in total. The number of rotatable bonds is 5. The van der Waals surface area contributed by atoms with E-state index in [2.05, 4.69) is 9.64 Å². The van der Waals surface area contributed by atoms with Gasteiger partial charge in [0.15, 0.2) is 0 Å². The first-order chi connectivity index (χ1) is 13.7. The van der Waals surface area contributed by atoms with Crippen molar-refractivity contribution in [1.82, 2.24) is 4.90 Å². The Balaban J connectivity index is 1.59. The lowest BCUT2D eigenvalue weighted by molar-refractivity contribution is -0.274. The standard InChI is InChI=1S/C21H23F3N2O3/c1-25(17-7-9-18(10-8-17)29-21(22,23)24)19(27)20(28)11-13-26(14-12-20)15-16-5-3-2-4-6-16/h2-10,28H,11-15H2,1H3. The number of carbonyl (C=O) groups excluding carboxylic acids is 1. The van der Waals surface area contributed by atoms with Crippen LogP contribution in [0.5, 0.6) is 5.75 Å². The number of hydrogen-bond donors (Lipinski definition) is 1. The number of likely N-dealkylation sites (tertiary alicyclic amines) is 1. The van der Waals surface area contributed by atoms with Gasteiger partial charge in [0.25, 0.3) is 5.91 Å². The second-order valence-electron chi connectivity index (χ2n) is 7.20. The molecule has 0 atom stereocenters. The van der Waals surface area contributed by atoms with Crippen molar-refractivity contribution in [1.29, 1.82) is 0 Å². The van der Waals surface area contributed by atoms with Crippen LogP contribution in [0.1, 0.15) is 18.4 Å². The number of benzene rings is 2. The number of alkyl halides is 3. The Morgan fingerprint density at radius 2 is 1.69 bits per heavy atom. The van der Waals surface area contributed by atoms with Gasteiger partial charge in [-0.05, 0) is 42.7 Å². The number of ether oxygens (including phenoxy) is 1. The van der Waals surface area contributed by atoms with Crippen LogP contribution in [0.15, 0.2) is 54.6 Å². The van der Waals surface area contributed by atoms with Crippen LogP contribution in [0.4, 0.5) is 18.9 Å². The van der Waals surface area contributed by atoms with E-state index in [9.17, 15) is 23.1 Å². The lowest BCUT2D eigenvalue weighted by Crippen LogP contribution is -2.54. The summed E-state index contributed by atoms with van der Waals surface area (Å²) in [4.78, 5) is 16.3. The zero-order valence-corrected chi connectivity index (χ0v) is 16.0. The smallest absolute Gasteiger partial charge is 0.406 e. The Morgan fingerprint density at radius 1 is 1.10 bits per heavy atom. The number of anilines is 1. The van der Waals surface area contributed by atoms with Crippen molar-refractivity contribution in [3.05, 3.63) is 60.2 Å². The summed E-state index contributed by atoms with van der Waals surface area (Å²) in [5, 5.41) is 10.9. The van der Waals surface area contributed by atoms with Crippen LogP contribution in [0, 0.1) is 0 Å². The normalized spacial score (nSPS) is 17.0. The molecule has 3 rings (SSSR count). The summed E-state index contributed by atoms with van der Waals surface area (Å²) in [6.45, 7) is 1.90. The molecule has 0 aromatic heterocycles. The van der Waals surface area contributed by atoms with Gasteiger partial charge in [-0.15, -0.1) is 13.2 Å². The van der Waals surface area contributed by atoms with E-state index in [0.29, 0.717) is 18.8 Å². The Hall–Kier alpha value is -2.58. The number of piperidine rings is 1. The van der Waals surface area contributed by atoms with Crippen LogP contribution >= 0.6 is 0 Å². The van der Waals surface area contributed by atoms with Gasteiger partial charge in [0.2, 0.25) is 0 Å². The van der Waals surface area contributed by atoms with Crippen molar-refractivity contribution in [2.75, 3.05) is 25.0 Å². The van der Waals surface area contributed by atoms with E-state index in [1.807, 2.05) is 30.3 Å². The number of carbonyl (C=O) groups is 1. The van der Waals surface area contributed by atoms with Gasteiger partial charge >= 0.3 is 6.36 Å². The summed E-state index contributed by atoms with van der Waals surface area (Å²) >= 11 is 0. The molecule has 1 amide bonds. The molecule has 156 valence electrons. The number of nitrogens with zero attached hydrogens (tertiary/aromatic N) is 2. The zero-order chi connectivity index (χ0) is 21.1. The monoisotopic (exact) mass is 408 g/mol. The van der Waals surface area contributed by atoms with Gasteiger partial charge in [-0.2, -0.15) is 0 Å². The van der Waals surface area contributed by atoms with E-state index in [1.54, 1.807) is 0 Å². The molecule has 0 bridgehead atoms. The first-order valence-electron chi connectivity index (χ1n) is 9.29. The Labute approximate surface area is 167 Å². The van der Waals surface area contributed by atoms with Crippen molar-refractivity contribution in [2.45, 2.75) is 31.3 Å². The molecule has 1 saturated heterocycles. The fourth-order valence-electron chi connectivity index (χ4n) is 3.44. The molecule has 2 aromatic rings. The third-order valence-corrected chi connectivity index (χ3v) is 5.09. The summed E-state index contributed by atoms with van der Waals surface area (Å²) in [5.74, 6) is -0.837. The molecule has 1 aliphatic rings. The highest BCUT2D eigenvalue weighted by atomic mass is 19.4. The molecule has 1 fully saturated rings. The predicted molar refractivity (Wildman–Crippen MR) is 102 cm³/mol. The number of halogens is 3. The van der Waals surface area contributed by atoms with Gasteiger partial charge in [-0.3, -0.25) is 9.69 Å². The molecule has 29 heavy (non-hydrogen) atoms. The van der Waals surface area contributed by atoms with Crippen LogP contribution < -0.4 is 9.64 Å². The van der Waals surface area contributed by atoms with Crippen molar-refractivity contribution >= 4 is 11.6 Å². The van der Waals surface area contributed by atoms with Gasteiger partial charge in [0, 0.05) is 32.4 Å². The number of aliphatic hydroxyl groups is 1. The van der Waals surface area contributed by atoms with Gasteiger partial charge in [-0.1, -0.05) is 30.3 Å². The number of amides is 1. The van der Waals surface area contributed by atoms with Crippen LogP contribution in [-0.2, 0) is 11.3 Å². The van der Waals surface area contributed by atoms with Gasteiger partial charge in [0.1, 0.15) is 11.4 Å². The lowest BCUT2D eigenvalue weighted by Gasteiger charge is -2.39. The maximum atomic E-state index is 12.8. The van der Waals surface area contributed by atoms with Crippen LogP contribution in [0.3, 0.4) is 0 Å². The van der Waals surface area contributed by atoms with E-state index in [0.717, 1.165) is 18.7 Å². The highest BCUT2D eigenvalue weighted by Crippen LogP contribution is 2.29. The Kier molecular flexibility index (Phi) is 6.14. The molecule has 2 aromatic carbocycles. The minimum absolute atomic E-state index is 0.290. The molecule has 1 N–H and O–H groups in total. The minimum atomic E-state index is -4.77. The minimum Gasteiger partial charge on any atom is -0.406 e. The highest BCUT2D eigenvalue weighted by Gasteiger charge is 2.41. The average molecular weight is 408 g/mol. The summed E-state index contributed by atoms with van der Waals surface area (Å²) in [5.41, 5.74) is 0.0514. The lowest BCUT2D eigenvalue weighted by atomic mass is 9.89. The van der Waals surface area contributed by atoms with Crippen molar-refractivity contribution < 1.29 is 27.8 Å².